The van der Waals surface area contributed by atoms with Gasteiger partial charge in [0.05, 0.1) is 38.8 Å². The normalized spacial score (nSPS) is 9.91. The van der Waals surface area contributed by atoms with E-state index < -0.39 is 11.9 Å². The number of halogens is 1. The zero-order chi connectivity index (χ0) is 24.5. The van der Waals surface area contributed by atoms with Gasteiger partial charge in [0.25, 0.3) is 0 Å². The highest BCUT2D eigenvalue weighted by Crippen LogP contribution is 2.15. The van der Waals surface area contributed by atoms with E-state index in [1.165, 1.54) is 0 Å². The molecule has 2 N–H and O–H groups in total. The van der Waals surface area contributed by atoms with Crippen molar-refractivity contribution in [1.82, 2.24) is 0 Å². The van der Waals surface area contributed by atoms with Gasteiger partial charge in [-0.15, -0.1) is 0 Å². The van der Waals surface area contributed by atoms with Gasteiger partial charge in [-0.2, -0.15) is 10.2 Å². The van der Waals surface area contributed by atoms with Crippen molar-refractivity contribution >= 4 is 46.3 Å². The number of hydrazone groups is 2. The number of carbonyl (C=O) groups is 2. The Balaban J connectivity index is 0. The monoisotopic (exact) mass is 510 g/mol. The average Bonchev–Trinajstić information content (AvgIpc) is 2.84. The Morgan fingerprint density at radius 2 is 1.29 bits per heavy atom. The highest BCUT2D eigenvalue weighted by molar-refractivity contribution is 6.82. The number of hydrogen-bond acceptors (Lipinski definition) is 10. The summed E-state index contributed by atoms with van der Waals surface area (Å²) in [6, 6.07) is 14.2. The van der Waals surface area contributed by atoms with E-state index in [0.29, 0.717) is 12.3 Å². The second-order valence-corrected chi connectivity index (χ2v) is 6.17. The molecule has 0 spiro atoms. The minimum absolute atomic E-state index is 0. The second kappa shape index (κ2) is 19.7. The number of carbonyl (C=O) groups excluding carboxylic acids is 2. The first kappa shape index (κ1) is 33.4. The zero-order valence-electron chi connectivity index (χ0n) is 18.8. The Kier molecular flexibility index (Phi) is 18.8. The van der Waals surface area contributed by atoms with Crippen LogP contribution in [0.25, 0.3) is 0 Å². The van der Waals surface area contributed by atoms with E-state index in [2.05, 4.69) is 30.5 Å². The van der Waals surface area contributed by atoms with Gasteiger partial charge in [-0.25, -0.2) is 9.59 Å². The van der Waals surface area contributed by atoms with Crippen LogP contribution in [0.1, 0.15) is 28.7 Å². The van der Waals surface area contributed by atoms with E-state index in [9.17, 15) is 9.59 Å². The molecule has 0 saturated heterocycles. The van der Waals surface area contributed by atoms with E-state index >= 15 is 0 Å². The van der Waals surface area contributed by atoms with Gasteiger partial charge in [0.15, 0.2) is 0 Å². The number of nitrogens with one attached hydrogen (secondary N) is 2. The Hall–Kier alpha value is -3.79. The number of nitrogens with zero attached hydrogens (tertiary/aromatic N) is 2. The van der Waals surface area contributed by atoms with Crippen LogP contribution in [0.3, 0.4) is 0 Å². The summed E-state index contributed by atoms with van der Waals surface area (Å²) in [6.45, 7) is 4.03. The van der Waals surface area contributed by atoms with Crippen molar-refractivity contribution in [2.24, 2.45) is 10.2 Å². The summed E-state index contributed by atoms with van der Waals surface area (Å²) in [5.74, 6) is 0.370. The molecular weight excluding hydrogens is 476 g/mol. The molecule has 0 saturated carbocycles. The standard InChI is InChI=1S/C11H13ClN2O3.C11H14N2O3.2CH4/c1-3-17-11(15)10(12)14-13-8-4-6-9(16-2)7-5-8;1-3-16-11(14)8-12-13-9-4-6-10(15-2)7-5-9;;/h4-7,13H,3H2,1-2H3;4-8,13H,3H2,1-2H3;2*1H4/b14-10-;12-8+;;. The lowest BCUT2D eigenvalue weighted by molar-refractivity contribution is -0.135. The van der Waals surface area contributed by atoms with Crippen LogP contribution in [0.15, 0.2) is 58.7 Å². The van der Waals surface area contributed by atoms with Crippen LogP contribution >= 0.6 is 11.6 Å². The third kappa shape index (κ3) is 14.2. The molecule has 0 aliphatic heterocycles. The van der Waals surface area contributed by atoms with Crippen molar-refractivity contribution in [3.8, 4) is 11.5 Å². The van der Waals surface area contributed by atoms with Crippen LogP contribution in [-0.2, 0) is 19.1 Å². The molecule has 0 bridgehead atoms. The number of ether oxygens (including phenoxy) is 4. The molecule has 35 heavy (non-hydrogen) atoms. The minimum atomic E-state index is -0.657. The SMILES string of the molecule is C.C.CCOC(=O)/C(Cl)=N/Nc1ccc(OC)cc1.CCOC(=O)/C=N/Nc1ccc(OC)cc1. The van der Waals surface area contributed by atoms with Crippen LogP contribution in [-0.4, -0.2) is 50.8 Å². The predicted octanol–water partition coefficient (Wildman–Crippen LogP) is 5.15. The van der Waals surface area contributed by atoms with E-state index in [1.807, 2.05) is 0 Å². The van der Waals surface area contributed by atoms with Crippen molar-refractivity contribution in [2.75, 3.05) is 38.3 Å². The van der Waals surface area contributed by atoms with Crippen LogP contribution in [0.4, 0.5) is 11.4 Å². The van der Waals surface area contributed by atoms with Crippen molar-refractivity contribution in [2.45, 2.75) is 28.7 Å². The van der Waals surface area contributed by atoms with E-state index in [1.54, 1.807) is 76.6 Å². The predicted molar refractivity (Wildman–Crippen MR) is 142 cm³/mol. The van der Waals surface area contributed by atoms with E-state index in [-0.39, 0.29) is 26.6 Å². The number of rotatable bonds is 10. The minimum Gasteiger partial charge on any atom is -0.497 e. The summed E-state index contributed by atoms with van der Waals surface area (Å²) in [6.07, 6.45) is 1.09. The topological polar surface area (TPSA) is 120 Å². The maximum atomic E-state index is 11.1. The van der Waals surface area contributed by atoms with Gasteiger partial charge >= 0.3 is 11.9 Å². The van der Waals surface area contributed by atoms with Gasteiger partial charge in [0.2, 0.25) is 5.17 Å². The fraction of sp³-hybridized carbons (Fsp3) is 0.333. The first-order chi connectivity index (χ1) is 15.9. The lowest BCUT2D eigenvalue weighted by Crippen LogP contribution is -2.13. The van der Waals surface area contributed by atoms with Crippen LogP contribution < -0.4 is 20.3 Å². The molecule has 10 nitrogen and oxygen atoms in total. The molecule has 0 aromatic heterocycles. The highest BCUT2D eigenvalue weighted by Gasteiger charge is 2.08. The maximum Gasteiger partial charge on any atom is 0.370 e. The van der Waals surface area contributed by atoms with Crippen molar-refractivity contribution in [1.29, 1.82) is 0 Å². The Labute approximate surface area is 212 Å². The Morgan fingerprint density at radius 3 is 1.71 bits per heavy atom. The largest absolute Gasteiger partial charge is 0.497 e. The fourth-order valence-electron chi connectivity index (χ4n) is 2.02. The van der Waals surface area contributed by atoms with Gasteiger partial charge in [-0.1, -0.05) is 26.5 Å². The summed E-state index contributed by atoms with van der Waals surface area (Å²) < 4.78 is 19.3. The molecule has 0 amide bonds. The smallest absolute Gasteiger partial charge is 0.370 e. The number of benzene rings is 2. The fourth-order valence-corrected chi connectivity index (χ4v) is 2.12. The van der Waals surface area contributed by atoms with Gasteiger partial charge in [-0.3, -0.25) is 10.9 Å². The molecule has 194 valence electrons. The maximum absolute atomic E-state index is 11.1. The molecule has 2 rings (SSSR count). The molecule has 2 aromatic carbocycles. The molecule has 0 unspecified atom stereocenters. The molecule has 0 aliphatic carbocycles. The average molecular weight is 511 g/mol. The molecule has 0 atom stereocenters. The van der Waals surface area contributed by atoms with E-state index in [4.69, 9.17) is 21.1 Å². The number of methoxy groups -OCH3 is 2. The lowest BCUT2D eigenvalue weighted by Gasteiger charge is -2.03. The second-order valence-electron chi connectivity index (χ2n) is 5.81. The zero-order valence-corrected chi connectivity index (χ0v) is 19.6. The van der Waals surface area contributed by atoms with Crippen molar-refractivity contribution in [3.63, 3.8) is 0 Å². The van der Waals surface area contributed by atoms with Gasteiger partial charge in [0, 0.05) is 0 Å². The first-order valence-electron chi connectivity index (χ1n) is 9.83. The molecule has 0 heterocycles. The molecule has 11 heteroatoms. The Bertz CT molecular complexity index is 919. The first-order valence-corrected chi connectivity index (χ1v) is 10.2. The van der Waals surface area contributed by atoms with Crippen molar-refractivity contribution in [3.05, 3.63) is 48.5 Å². The molecular formula is C24H35ClN4O6. The summed E-state index contributed by atoms with van der Waals surface area (Å²) in [7, 11) is 3.18. The van der Waals surface area contributed by atoms with E-state index in [0.717, 1.165) is 23.4 Å². The number of esters is 2. The Morgan fingerprint density at radius 1 is 0.829 bits per heavy atom. The summed E-state index contributed by atoms with van der Waals surface area (Å²) >= 11 is 5.61. The molecule has 0 fully saturated rings. The molecule has 2 aromatic rings. The van der Waals surface area contributed by atoms with Crippen LogP contribution in [0.2, 0.25) is 0 Å². The summed E-state index contributed by atoms with van der Waals surface area (Å²) in [5, 5.41) is 7.16. The number of hydrogen-bond donors (Lipinski definition) is 2. The summed E-state index contributed by atoms with van der Waals surface area (Å²) in [4.78, 5) is 22.0. The number of anilines is 2. The van der Waals surface area contributed by atoms with Crippen LogP contribution in [0.5, 0.6) is 11.5 Å². The third-order valence-electron chi connectivity index (χ3n) is 3.56. The molecule has 0 radical (unpaired) electrons. The molecule has 0 aliphatic rings. The third-order valence-corrected chi connectivity index (χ3v) is 3.80. The quantitative estimate of drug-likeness (QED) is 0.256. The highest BCUT2D eigenvalue weighted by atomic mass is 35.5. The lowest BCUT2D eigenvalue weighted by atomic mass is 10.3. The van der Waals surface area contributed by atoms with Gasteiger partial charge < -0.3 is 18.9 Å². The van der Waals surface area contributed by atoms with Gasteiger partial charge in [0.1, 0.15) is 17.7 Å². The summed E-state index contributed by atoms with van der Waals surface area (Å²) in [5.41, 5.74) is 6.79. The van der Waals surface area contributed by atoms with Crippen molar-refractivity contribution < 1.29 is 28.5 Å². The van der Waals surface area contributed by atoms with Gasteiger partial charge in [-0.05, 0) is 62.4 Å². The van der Waals surface area contributed by atoms with Crippen LogP contribution in [0, 0.1) is 0 Å².